The standard InChI is InChI=1S/C18H18BrCl2N5OS/c1-26-18(23-24-25-26)28-7-6-22-10-13-9-14(19)3-5-17(13)27-11-12-2-4-15(20)16(21)8-12/h2-5,8-9,22H,6-7,10-11H2,1H3. The highest BCUT2D eigenvalue weighted by molar-refractivity contribution is 9.10. The molecule has 0 saturated heterocycles. The normalized spacial score (nSPS) is 11.0. The van der Waals surface area contributed by atoms with Crippen molar-refractivity contribution in [1.29, 1.82) is 0 Å². The number of nitrogens with one attached hydrogen (secondary N) is 1. The Morgan fingerprint density at radius 3 is 2.79 bits per heavy atom. The third-order valence-corrected chi connectivity index (χ3v) is 6.05. The zero-order chi connectivity index (χ0) is 19.9. The van der Waals surface area contributed by atoms with Gasteiger partial charge in [-0.3, -0.25) is 0 Å². The first kappa shape index (κ1) is 21.4. The largest absolute Gasteiger partial charge is 0.489 e. The summed E-state index contributed by atoms with van der Waals surface area (Å²) in [6.45, 7) is 1.92. The number of ether oxygens (including phenoxy) is 1. The Morgan fingerprint density at radius 2 is 2.04 bits per heavy atom. The van der Waals surface area contributed by atoms with E-state index in [-0.39, 0.29) is 0 Å². The molecule has 0 unspecified atom stereocenters. The summed E-state index contributed by atoms with van der Waals surface area (Å²) in [5, 5.41) is 16.7. The van der Waals surface area contributed by atoms with Crippen LogP contribution < -0.4 is 10.1 Å². The van der Waals surface area contributed by atoms with Crippen molar-refractivity contribution >= 4 is 50.9 Å². The zero-order valence-corrected chi connectivity index (χ0v) is 18.9. The van der Waals surface area contributed by atoms with Crippen molar-refractivity contribution < 1.29 is 4.74 Å². The Kier molecular flexibility index (Phi) is 7.99. The lowest BCUT2D eigenvalue weighted by Crippen LogP contribution is -2.17. The van der Waals surface area contributed by atoms with Gasteiger partial charge in [-0.05, 0) is 46.3 Å². The Labute approximate surface area is 186 Å². The third-order valence-electron chi connectivity index (χ3n) is 3.81. The highest BCUT2D eigenvalue weighted by Crippen LogP contribution is 2.26. The fraction of sp³-hybridized carbons (Fsp3) is 0.278. The second-order valence-electron chi connectivity index (χ2n) is 5.90. The van der Waals surface area contributed by atoms with E-state index in [9.17, 15) is 0 Å². The van der Waals surface area contributed by atoms with Gasteiger partial charge in [-0.15, -0.1) is 5.10 Å². The summed E-state index contributed by atoms with van der Waals surface area (Å²) in [7, 11) is 1.83. The van der Waals surface area contributed by atoms with Crippen LogP contribution in [0.1, 0.15) is 11.1 Å². The zero-order valence-electron chi connectivity index (χ0n) is 15.0. The number of tetrazole rings is 1. The minimum absolute atomic E-state index is 0.417. The molecule has 0 radical (unpaired) electrons. The van der Waals surface area contributed by atoms with Gasteiger partial charge in [0.25, 0.3) is 0 Å². The molecule has 0 aliphatic rings. The van der Waals surface area contributed by atoms with Crippen molar-refractivity contribution in [3.8, 4) is 5.75 Å². The van der Waals surface area contributed by atoms with Gasteiger partial charge in [0, 0.05) is 35.9 Å². The van der Waals surface area contributed by atoms with E-state index in [0.29, 0.717) is 23.2 Å². The SMILES string of the molecule is Cn1nnnc1SCCNCc1cc(Br)ccc1OCc1ccc(Cl)c(Cl)c1. The van der Waals surface area contributed by atoms with E-state index in [2.05, 4.69) is 42.8 Å². The summed E-state index contributed by atoms with van der Waals surface area (Å²) in [6.07, 6.45) is 0. The van der Waals surface area contributed by atoms with Gasteiger partial charge >= 0.3 is 0 Å². The molecule has 3 aromatic rings. The molecule has 6 nitrogen and oxygen atoms in total. The number of hydrogen-bond acceptors (Lipinski definition) is 6. The van der Waals surface area contributed by atoms with Crippen LogP contribution in [0.3, 0.4) is 0 Å². The van der Waals surface area contributed by atoms with Gasteiger partial charge in [0.2, 0.25) is 5.16 Å². The average Bonchev–Trinajstić information content (AvgIpc) is 3.08. The molecular weight excluding hydrogens is 485 g/mol. The fourth-order valence-corrected chi connectivity index (χ4v) is 3.87. The molecule has 1 N–H and O–H groups in total. The van der Waals surface area contributed by atoms with E-state index in [0.717, 1.165) is 38.8 Å². The molecule has 0 atom stereocenters. The maximum atomic E-state index is 6.07. The van der Waals surface area contributed by atoms with Gasteiger partial charge in [0.1, 0.15) is 12.4 Å². The monoisotopic (exact) mass is 501 g/mol. The van der Waals surface area contributed by atoms with Gasteiger partial charge in [-0.1, -0.05) is 57.0 Å². The number of benzene rings is 2. The molecular formula is C18H18BrCl2N5OS. The summed E-state index contributed by atoms with van der Waals surface area (Å²) in [5.74, 6) is 1.69. The molecule has 0 bridgehead atoms. The van der Waals surface area contributed by atoms with E-state index in [1.54, 1.807) is 22.5 Å². The lowest BCUT2D eigenvalue weighted by molar-refractivity contribution is 0.302. The highest BCUT2D eigenvalue weighted by atomic mass is 79.9. The maximum absolute atomic E-state index is 6.07. The van der Waals surface area contributed by atoms with E-state index in [4.69, 9.17) is 27.9 Å². The van der Waals surface area contributed by atoms with Crippen molar-refractivity contribution in [3.05, 3.63) is 62.0 Å². The second-order valence-corrected chi connectivity index (χ2v) is 8.69. The van der Waals surface area contributed by atoms with Crippen molar-refractivity contribution in [1.82, 2.24) is 25.5 Å². The van der Waals surface area contributed by atoms with Gasteiger partial charge in [0.15, 0.2) is 0 Å². The Morgan fingerprint density at radius 1 is 1.18 bits per heavy atom. The molecule has 2 aromatic carbocycles. The quantitative estimate of drug-likeness (QED) is 0.336. The van der Waals surface area contributed by atoms with Crippen LogP contribution >= 0.6 is 50.9 Å². The summed E-state index contributed by atoms with van der Waals surface area (Å²) >= 11 is 17.2. The molecule has 3 rings (SSSR count). The molecule has 0 aliphatic heterocycles. The maximum Gasteiger partial charge on any atom is 0.209 e. The number of aromatic nitrogens is 4. The molecule has 0 saturated carbocycles. The minimum Gasteiger partial charge on any atom is -0.489 e. The van der Waals surface area contributed by atoms with E-state index in [1.807, 2.05) is 31.3 Å². The van der Waals surface area contributed by atoms with Crippen molar-refractivity contribution in [2.24, 2.45) is 7.05 Å². The van der Waals surface area contributed by atoms with Crippen LogP contribution in [0.2, 0.25) is 10.0 Å². The Bertz CT molecular complexity index is 940. The van der Waals surface area contributed by atoms with E-state index < -0.39 is 0 Å². The van der Waals surface area contributed by atoms with Crippen LogP contribution in [-0.4, -0.2) is 32.5 Å². The minimum atomic E-state index is 0.417. The highest BCUT2D eigenvalue weighted by Gasteiger charge is 2.07. The number of nitrogens with zero attached hydrogens (tertiary/aromatic N) is 4. The summed E-state index contributed by atoms with van der Waals surface area (Å²) < 4.78 is 8.67. The number of halogens is 3. The molecule has 1 heterocycles. The number of thioether (sulfide) groups is 1. The lowest BCUT2D eigenvalue weighted by atomic mass is 10.2. The van der Waals surface area contributed by atoms with Crippen LogP contribution in [-0.2, 0) is 20.2 Å². The van der Waals surface area contributed by atoms with Gasteiger partial charge in [0.05, 0.1) is 10.0 Å². The molecule has 0 amide bonds. The summed E-state index contributed by atoms with van der Waals surface area (Å²) in [4.78, 5) is 0. The van der Waals surface area contributed by atoms with Crippen LogP contribution in [0.5, 0.6) is 5.75 Å². The Balaban J connectivity index is 1.53. The van der Waals surface area contributed by atoms with Gasteiger partial charge < -0.3 is 10.1 Å². The molecule has 148 valence electrons. The fourth-order valence-electron chi connectivity index (χ4n) is 2.40. The van der Waals surface area contributed by atoms with Gasteiger partial charge in [-0.25, -0.2) is 4.68 Å². The van der Waals surface area contributed by atoms with Crippen LogP contribution in [0.15, 0.2) is 46.0 Å². The topological polar surface area (TPSA) is 64.9 Å². The lowest BCUT2D eigenvalue weighted by Gasteiger charge is -2.13. The third kappa shape index (κ3) is 6.09. The molecule has 0 aliphatic carbocycles. The number of rotatable bonds is 9. The molecule has 28 heavy (non-hydrogen) atoms. The van der Waals surface area contributed by atoms with E-state index >= 15 is 0 Å². The number of aryl methyl sites for hydroxylation is 1. The second kappa shape index (κ2) is 10.5. The average molecular weight is 503 g/mol. The van der Waals surface area contributed by atoms with Crippen LogP contribution in [0.4, 0.5) is 0 Å². The Hall–Kier alpha value is -1.32. The van der Waals surface area contributed by atoms with E-state index in [1.165, 1.54) is 0 Å². The predicted molar refractivity (Wildman–Crippen MR) is 116 cm³/mol. The smallest absolute Gasteiger partial charge is 0.209 e. The predicted octanol–water partition coefficient (Wildman–Crippen LogP) is 4.74. The van der Waals surface area contributed by atoms with Gasteiger partial charge in [-0.2, -0.15) is 0 Å². The van der Waals surface area contributed by atoms with Crippen LogP contribution in [0, 0.1) is 0 Å². The van der Waals surface area contributed by atoms with Crippen molar-refractivity contribution in [2.45, 2.75) is 18.3 Å². The summed E-state index contributed by atoms with van der Waals surface area (Å²) in [6, 6.07) is 11.5. The first-order chi connectivity index (χ1) is 13.5. The first-order valence-electron chi connectivity index (χ1n) is 8.44. The molecule has 1 aromatic heterocycles. The van der Waals surface area contributed by atoms with Crippen LogP contribution in [0.25, 0.3) is 0 Å². The molecule has 0 spiro atoms. The first-order valence-corrected chi connectivity index (χ1v) is 11.0. The summed E-state index contributed by atoms with van der Waals surface area (Å²) in [5.41, 5.74) is 2.03. The molecule has 0 fully saturated rings. The van der Waals surface area contributed by atoms with Crippen molar-refractivity contribution in [3.63, 3.8) is 0 Å². The number of hydrogen-bond donors (Lipinski definition) is 1. The molecule has 10 heteroatoms. The van der Waals surface area contributed by atoms with Crippen molar-refractivity contribution in [2.75, 3.05) is 12.3 Å².